The molecule has 0 unspecified atom stereocenters. The molecule has 0 aliphatic rings. The number of aromatic nitrogens is 3. The summed E-state index contributed by atoms with van der Waals surface area (Å²) in [6.07, 6.45) is 6.32. The number of anilines is 1. The Balaban J connectivity index is 2.49. The minimum Gasteiger partial charge on any atom is -0.373 e. The summed E-state index contributed by atoms with van der Waals surface area (Å²) in [6, 6.07) is 3.80. The van der Waals surface area contributed by atoms with E-state index >= 15 is 0 Å². The fourth-order valence-electron chi connectivity index (χ4n) is 1.55. The predicted octanol–water partition coefficient (Wildman–Crippen LogP) is 2.14. The second-order valence-corrected chi connectivity index (χ2v) is 3.40. The first kappa shape index (κ1) is 10.5. The van der Waals surface area contributed by atoms with E-state index in [2.05, 4.69) is 27.2 Å². The van der Waals surface area contributed by atoms with Crippen molar-refractivity contribution in [2.45, 2.75) is 13.3 Å². The molecule has 2 aromatic heterocycles. The minimum absolute atomic E-state index is 0.742. The van der Waals surface area contributed by atoms with Crippen molar-refractivity contribution in [3.63, 3.8) is 0 Å². The van der Waals surface area contributed by atoms with Crippen LogP contribution in [0.2, 0.25) is 0 Å². The molecule has 0 saturated heterocycles. The first-order valence-electron chi connectivity index (χ1n) is 5.29. The van der Waals surface area contributed by atoms with Gasteiger partial charge in [-0.2, -0.15) is 0 Å². The summed E-state index contributed by atoms with van der Waals surface area (Å²) in [5, 5.41) is 3.01. The predicted molar refractivity (Wildman–Crippen MR) is 64.2 cm³/mol. The van der Waals surface area contributed by atoms with E-state index in [0.717, 1.165) is 29.2 Å². The van der Waals surface area contributed by atoms with Crippen LogP contribution < -0.4 is 5.32 Å². The van der Waals surface area contributed by atoms with Crippen LogP contribution in [-0.2, 0) is 6.42 Å². The van der Waals surface area contributed by atoms with E-state index in [0.29, 0.717) is 0 Å². The molecular formula is C12H14N4. The van der Waals surface area contributed by atoms with Crippen molar-refractivity contribution in [1.29, 1.82) is 0 Å². The molecule has 0 spiro atoms. The third-order valence-electron chi connectivity index (χ3n) is 2.44. The van der Waals surface area contributed by atoms with E-state index in [1.165, 1.54) is 0 Å². The third-order valence-corrected chi connectivity index (χ3v) is 2.44. The van der Waals surface area contributed by atoms with Crippen LogP contribution in [0.25, 0.3) is 11.4 Å². The fraction of sp³-hybridized carbons (Fsp3) is 0.250. The number of nitrogens with one attached hydrogen (secondary N) is 1. The lowest BCUT2D eigenvalue weighted by atomic mass is 10.1. The van der Waals surface area contributed by atoms with Gasteiger partial charge in [0.25, 0.3) is 0 Å². The number of hydrogen-bond donors (Lipinski definition) is 1. The number of aryl methyl sites for hydroxylation is 1. The van der Waals surface area contributed by atoms with Crippen molar-refractivity contribution in [1.82, 2.24) is 15.0 Å². The summed E-state index contributed by atoms with van der Waals surface area (Å²) in [6.45, 7) is 2.10. The van der Waals surface area contributed by atoms with E-state index in [-0.39, 0.29) is 0 Å². The lowest BCUT2D eigenvalue weighted by Crippen LogP contribution is -1.98. The summed E-state index contributed by atoms with van der Waals surface area (Å²) in [5.74, 6) is 1.56. The number of hydrogen-bond acceptors (Lipinski definition) is 4. The molecule has 0 bridgehead atoms. The van der Waals surface area contributed by atoms with Crippen LogP contribution in [0.3, 0.4) is 0 Å². The zero-order valence-corrected chi connectivity index (χ0v) is 9.44. The number of nitrogens with zero attached hydrogens (tertiary/aromatic N) is 3. The van der Waals surface area contributed by atoms with E-state index in [1.807, 2.05) is 25.4 Å². The van der Waals surface area contributed by atoms with Gasteiger partial charge in [0.1, 0.15) is 5.82 Å². The van der Waals surface area contributed by atoms with Crippen molar-refractivity contribution in [3.8, 4) is 11.4 Å². The maximum Gasteiger partial charge on any atom is 0.161 e. The van der Waals surface area contributed by atoms with Crippen LogP contribution in [0.15, 0.2) is 30.7 Å². The van der Waals surface area contributed by atoms with E-state index in [9.17, 15) is 0 Å². The third kappa shape index (κ3) is 2.00. The largest absolute Gasteiger partial charge is 0.373 e. The van der Waals surface area contributed by atoms with Gasteiger partial charge in [-0.15, -0.1) is 0 Å². The Hall–Kier alpha value is -1.97. The van der Waals surface area contributed by atoms with Gasteiger partial charge in [0.15, 0.2) is 5.82 Å². The Labute approximate surface area is 94.8 Å². The molecule has 0 fully saturated rings. The van der Waals surface area contributed by atoms with Crippen LogP contribution in [0.5, 0.6) is 0 Å². The minimum atomic E-state index is 0.742. The molecule has 2 aromatic rings. The standard InChI is InChI=1S/C12H14N4/c1-3-9-8-14-6-4-10(9)12-15-7-5-11(13-2)16-12/h4-8H,3H2,1-2H3,(H,13,15,16). The Bertz CT molecular complexity index is 482. The quantitative estimate of drug-likeness (QED) is 0.850. The van der Waals surface area contributed by atoms with Crippen molar-refractivity contribution >= 4 is 5.82 Å². The normalized spacial score (nSPS) is 10.1. The molecular weight excluding hydrogens is 200 g/mol. The Morgan fingerprint density at radius 2 is 2.12 bits per heavy atom. The van der Waals surface area contributed by atoms with Crippen molar-refractivity contribution < 1.29 is 0 Å². The maximum atomic E-state index is 4.42. The molecule has 0 radical (unpaired) electrons. The Kier molecular flexibility index (Phi) is 3.10. The van der Waals surface area contributed by atoms with Gasteiger partial charge in [-0.25, -0.2) is 9.97 Å². The van der Waals surface area contributed by atoms with Gasteiger partial charge in [-0.1, -0.05) is 6.92 Å². The summed E-state index contributed by atoms with van der Waals surface area (Å²) in [5.41, 5.74) is 2.21. The second-order valence-electron chi connectivity index (χ2n) is 3.40. The molecule has 4 nitrogen and oxygen atoms in total. The van der Waals surface area contributed by atoms with Crippen molar-refractivity contribution in [3.05, 3.63) is 36.3 Å². The average molecular weight is 214 g/mol. The number of rotatable bonds is 3. The molecule has 16 heavy (non-hydrogen) atoms. The van der Waals surface area contributed by atoms with Gasteiger partial charge in [-0.3, -0.25) is 4.98 Å². The highest BCUT2D eigenvalue weighted by atomic mass is 15.0. The maximum absolute atomic E-state index is 4.42. The molecule has 0 amide bonds. The zero-order chi connectivity index (χ0) is 11.4. The molecule has 0 atom stereocenters. The summed E-state index contributed by atoms with van der Waals surface area (Å²) in [4.78, 5) is 12.8. The number of pyridine rings is 1. The van der Waals surface area contributed by atoms with Crippen LogP contribution in [0.4, 0.5) is 5.82 Å². The molecule has 0 aromatic carbocycles. The first-order chi connectivity index (χ1) is 7.85. The highest BCUT2D eigenvalue weighted by Gasteiger charge is 2.06. The summed E-state index contributed by atoms with van der Waals surface area (Å²) >= 11 is 0. The van der Waals surface area contributed by atoms with Gasteiger partial charge in [-0.05, 0) is 24.1 Å². The fourth-order valence-corrected chi connectivity index (χ4v) is 1.55. The van der Waals surface area contributed by atoms with Gasteiger partial charge in [0, 0.05) is 31.2 Å². The van der Waals surface area contributed by atoms with Gasteiger partial charge in [0.05, 0.1) is 0 Å². The molecule has 4 heteroatoms. The molecule has 0 aliphatic heterocycles. The topological polar surface area (TPSA) is 50.7 Å². The monoisotopic (exact) mass is 214 g/mol. The van der Waals surface area contributed by atoms with Crippen LogP contribution in [-0.4, -0.2) is 22.0 Å². The smallest absolute Gasteiger partial charge is 0.161 e. The Morgan fingerprint density at radius 3 is 2.88 bits per heavy atom. The van der Waals surface area contributed by atoms with Gasteiger partial charge in [0.2, 0.25) is 0 Å². The second kappa shape index (κ2) is 4.70. The summed E-state index contributed by atoms with van der Waals surface area (Å²) in [7, 11) is 1.85. The van der Waals surface area contributed by atoms with Crippen molar-refractivity contribution in [2.75, 3.05) is 12.4 Å². The zero-order valence-electron chi connectivity index (χ0n) is 9.44. The lowest BCUT2D eigenvalue weighted by molar-refractivity contribution is 1.08. The Morgan fingerprint density at radius 1 is 1.25 bits per heavy atom. The summed E-state index contributed by atoms with van der Waals surface area (Å²) < 4.78 is 0. The van der Waals surface area contributed by atoms with Crippen molar-refractivity contribution in [2.24, 2.45) is 0 Å². The molecule has 0 aliphatic carbocycles. The average Bonchev–Trinajstić information content (AvgIpc) is 2.38. The highest BCUT2D eigenvalue weighted by molar-refractivity contribution is 5.60. The van der Waals surface area contributed by atoms with E-state index < -0.39 is 0 Å². The molecule has 2 rings (SSSR count). The van der Waals surface area contributed by atoms with Crippen LogP contribution >= 0.6 is 0 Å². The van der Waals surface area contributed by atoms with Gasteiger partial charge >= 0.3 is 0 Å². The first-order valence-corrected chi connectivity index (χ1v) is 5.29. The van der Waals surface area contributed by atoms with E-state index in [1.54, 1.807) is 12.4 Å². The highest BCUT2D eigenvalue weighted by Crippen LogP contribution is 2.20. The molecule has 1 N–H and O–H groups in total. The molecule has 0 saturated carbocycles. The lowest BCUT2D eigenvalue weighted by Gasteiger charge is -2.06. The molecule has 2 heterocycles. The van der Waals surface area contributed by atoms with Gasteiger partial charge < -0.3 is 5.32 Å². The van der Waals surface area contributed by atoms with Crippen LogP contribution in [0.1, 0.15) is 12.5 Å². The van der Waals surface area contributed by atoms with Crippen LogP contribution in [0, 0.1) is 0 Å². The SMILES string of the molecule is CCc1cnccc1-c1nccc(NC)n1. The van der Waals surface area contributed by atoms with E-state index in [4.69, 9.17) is 0 Å². The molecule has 82 valence electrons.